The minimum absolute atomic E-state index is 0.380. The van der Waals surface area contributed by atoms with Gasteiger partial charge in [0, 0.05) is 16.8 Å². The number of rotatable bonds is 9. The van der Waals surface area contributed by atoms with Crippen molar-refractivity contribution >= 4 is 37.1 Å². The molecule has 0 saturated heterocycles. The van der Waals surface area contributed by atoms with Crippen molar-refractivity contribution in [1.82, 2.24) is 0 Å². The van der Waals surface area contributed by atoms with Crippen LogP contribution in [0.4, 0.5) is 0 Å². The van der Waals surface area contributed by atoms with E-state index in [0.717, 1.165) is 29.0 Å². The van der Waals surface area contributed by atoms with Crippen LogP contribution in [0.1, 0.15) is 56.4 Å². The number of methoxy groups -OCH3 is 2. The fraction of sp³-hybridized carbons (Fsp3) is 0.289. The summed E-state index contributed by atoms with van der Waals surface area (Å²) in [6.45, 7) is 18.0. The summed E-state index contributed by atoms with van der Waals surface area (Å²) < 4.78 is 12.7. The van der Waals surface area contributed by atoms with Crippen LogP contribution in [0.5, 0.6) is 11.5 Å². The molecule has 0 fully saturated rings. The Morgan fingerprint density at radius 2 is 1.12 bits per heavy atom. The van der Waals surface area contributed by atoms with Crippen LogP contribution in [0.25, 0.3) is 11.1 Å². The Balaban J connectivity index is 1.70. The van der Waals surface area contributed by atoms with E-state index in [1.165, 1.54) is 65.5 Å². The molecule has 49 heavy (non-hydrogen) atoms. The molecule has 0 radical (unpaired) electrons. The van der Waals surface area contributed by atoms with Gasteiger partial charge in [0.25, 0.3) is 0 Å². The number of allylic oxidation sites excluding steroid dienone is 8. The Hall–Kier alpha value is -3.70. The maximum Gasteiger partial charge on any atom is 0.127 e. The maximum absolute atomic E-state index is 6.35. The number of hydrogen-bond donors (Lipinski definition) is 0. The van der Waals surface area contributed by atoms with E-state index in [0.29, 0.717) is 11.6 Å². The number of benzene rings is 4. The highest BCUT2D eigenvalue weighted by Gasteiger charge is 2.34. The first-order valence-electron chi connectivity index (χ1n) is 17.3. The van der Waals surface area contributed by atoms with E-state index >= 15 is 0 Å². The zero-order valence-corrected chi connectivity index (χ0v) is 32.6. The SMILES string of the molecule is COc1cccc(P(c2cc(C)cc(C)c2)c2cc(C)cc(C)c2)c1-c1c(OC)cccc1P(C1=CC(C)C(C)=C1)C1C=C(C)C=C(C)C1. The second kappa shape index (κ2) is 14.6. The first-order chi connectivity index (χ1) is 23.5. The van der Waals surface area contributed by atoms with Gasteiger partial charge < -0.3 is 9.47 Å². The normalized spacial score (nSPS) is 18.1. The number of ether oxygens (including phenoxy) is 2. The van der Waals surface area contributed by atoms with Gasteiger partial charge in [0.1, 0.15) is 11.5 Å². The predicted octanol–water partition coefficient (Wildman–Crippen LogP) is 10.6. The van der Waals surface area contributed by atoms with Gasteiger partial charge in [-0.3, -0.25) is 0 Å². The molecule has 4 aromatic carbocycles. The van der Waals surface area contributed by atoms with Crippen molar-refractivity contribution in [2.24, 2.45) is 5.92 Å². The maximum atomic E-state index is 6.35. The fourth-order valence-corrected chi connectivity index (χ4v) is 13.8. The largest absolute Gasteiger partial charge is 0.496 e. The van der Waals surface area contributed by atoms with Crippen LogP contribution >= 0.6 is 15.8 Å². The minimum Gasteiger partial charge on any atom is -0.496 e. The van der Waals surface area contributed by atoms with Crippen molar-refractivity contribution in [1.29, 1.82) is 0 Å². The summed E-state index contributed by atoms with van der Waals surface area (Å²) in [5, 5.41) is 6.80. The molecule has 0 spiro atoms. The fourth-order valence-electron chi connectivity index (χ4n) is 7.67. The third kappa shape index (κ3) is 7.29. The van der Waals surface area contributed by atoms with Crippen molar-refractivity contribution in [3.05, 3.63) is 141 Å². The lowest BCUT2D eigenvalue weighted by molar-refractivity contribution is 0.411. The lowest BCUT2D eigenvalue weighted by Crippen LogP contribution is -2.25. The molecule has 2 aliphatic rings. The highest BCUT2D eigenvalue weighted by molar-refractivity contribution is 7.80. The molecular formula is C45H50O2P2. The molecule has 0 heterocycles. The van der Waals surface area contributed by atoms with Gasteiger partial charge >= 0.3 is 0 Å². The van der Waals surface area contributed by atoms with Crippen LogP contribution in [0.3, 0.4) is 0 Å². The molecule has 0 N–H and O–H groups in total. The second-order valence-corrected chi connectivity index (χ2v) is 18.6. The Kier molecular flexibility index (Phi) is 10.5. The first-order valence-corrected chi connectivity index (χ1v) is 20.1. The average Bonchev–Trinajstić information content (AvgIpc) is 3.36. The Morgan fingerprint density at radius 1 is 0.612 bits per heavy atom. The predicted molar refractivity (Wildman–Crippen MR) is 216 cm³/mol. The summed E-state index contributed by atoms with van der Waals surface area (Å²) in [7, 11) is 1.88. The molecule has 0 amide bonds. The first kappa shape index (κ1) is 35.1. The summed E-state index contributed by atoms with van der Waals surface area (Å²) in [4.78, 5) is 0. The van der Waals surface area contributed by atoms with Crippen LogP contribution in [0.2, 0.25) is 0 Å². The van der Waals surface area contributed by atoms with E-state index in [2.05, 4.69) is 152 Å². The number of aryl methyl sites for hydroxylation is 4. The van der Waals surface area contributed by atoms with E-state index in [4.69, 9.17) is 9.47 Å². The Morgan fingerprint density at radius 3 is 1.59 bits per heavy atom. The standard InChI is InChI=1S/C45H50O2P2/c1-28-17-29(2)21-36(20-28)48(37-22-30(3)18-31(4)23-37)42-15-11-13-40(46-9)44(42)45-41(47-10)14-12-16-43(45)49(39-26-34(7)35(8)27-39)38-24-32(5)19-33(6)25-38/h11-24,26-27,34,38H,25H2,1-10H3. The molecule has 4 heteroatoms. The minimum atomic E-state index is -0.956. The van der Waals surface area contributed by atoms with Gasteiger partial charge in [-0.25, -0.2) is 0 Å². The quantitative estimate of drug-likeness (QED) is 0.163. The van der Waals surface area contributed by atoms with Crippen molar-refractivity contribution in [2.75, 3.05) is 14.2 Å². The van der Waals surface area contributed by atoms with Crippen molar-refractivity contribution in [3.63, 3.8) is 0 Å². The molecule has 6 rings (SSSR count). The van der Waals surface area contributed by atoms with Gasteiger partial charge in [-0.15, -0.1) is 0 Å². The highest BCUT2D eigenvalue weighted by atomic mass is 31.1. The molecule has 2 nitrogen and oxygen atoms in total. The lowest BCUT2D eigenvalue weighted by Gasteiger charge is -2.33. The molecule has 252 valence electrons. The van der Waals surface area contributed by atoms with Gasteiger partial charge in [-0.05, 0) is 115 Å². The number of hydrogen-bond acceptors (Lipinski definition) is 2. The molecule has 3 atom stereocenters. The van der Waals surface area contributed by atoms with E-state index in [-0.39, 0.29) is 0 Å². The van der Waals surface area contributed by atoms with Gasteiger partial charge in [-0.2, -0.15) is 0 Å². The van der Waals surface area contributed by atoms with Gasteiger partial charge in [0.05, 0.1) is 14.2 Å². The highest BCUT2D eigenvalue weighted by Crippen LogP contribution is 2.58. The van der Waals surface area contributed by atoms with Crippen molar-refractivity contribution < 1.29 is 9.47 Å². The Bertz CT molecular complexity index is 1940. The molecule has 2 aliphatic carbocycles. The van der Waals surface area contributed by atoms with E-state index in [1.807, 2.05) is 14.2 Å². The van der Waals surface area contributed by atoms with Gasteiger partial charge in [-0.1, -0.05) is 131 Å². The zero-order chi connectivity index (χ0) is 35.0. The summed E-state index contributed by atoms with van der Waals surface area (Å²) in [6, 6.07) is 27.5. The van der Waals surface area contributed by atoms with Crippen molar-refractivity contribution in [2.45, 2.75) is 67.5 Å². The molecule has 3 unspecified atom stereocenters. The van der Waals surface area contributed by atoms with E-state index in [9.17, 15) is 0 Å². The zero-order valence-electron chi connectivity index (χ0n) is 30.8. The smallest absolute Gasteiger partial charge is 0.127 e. The topological polar surface area (TPSA) is 18.5 Å². The van der Waals surface area contributed by atoms with Crippen LogP contribution in [-0.4, -0.2) is 19.9 Å². The van der Waals surface area contributed by atoms with Gasteiger partial charge in [0.15, 0.2) is 0 Å². The van der Waals surface area contributed by atoms with Crippen LogP contribution in [0, 0.1) is 33.6 Å². The monoisotopic (exact) mass is 684 g/mol. The summed E-state index contributed by atoms with van der Waals surface area (Å²) in [5.41, 5.74) is 12.0. The van der Waals surface area contributed by atoms with E-state index < -0.39 is 15.8 Å². The molecule has 0 aromatic heterocycles. The van der Waals surface area contributed by atoms with Crippen LogP contribution in [0.15, 0.2) is 119 Å². The molecule has 0 aliphatic heterocycles. The molecular weight excluding hydrogens is 634 g/mol. The third-order valence-electron chi connectivity index (χ3n) is 9.71. The third-order valence-corrected chi connectivity index (χ3v) is 14.8. The average molecular weight is 685 g/mol. The van der Waals surface area contributed by atoms with E-state index in [1.54, 1.807) is 0 Å². The molecule has 4 aromatic rings. The molecule has 0 bridgehead atoms. The summed E-state index contributed by atoms with van der Waals surface area (Å²) in [6.07, 6.45) is 10.9. The lowest BCUT2D eigenvalue weighted by atomic mass is 10.0. The molecule has 0 saturated carbocycles. The van der Waals surface area contributed by atoms with Crippen molar-refractivity contribution in [3.8, 4) is 22.6 Å². The second-order valence-electron chi connectivity index (χ2n) is 14.0. The van der Waals surface area contributed by atoms with Gasteiger partial charge in [0.2, 0.25) is 0 Å². The van der Waals surface area contributed by atoms with Crippen LogP contribution < -0.4 is 30.7 Å². The van der Waals surface area contributed by atoms with Crippen LogP contribution in [-0.2, 0) is 0 Å². The summed E-state index contributed by atoms with van der Waals surface area (Å²) >= 11 is 0. The summed E-state index contributed by atoms with van der Waals surface area (Å²) in [5.74, 6) is 2.21. The Labute approximate surface area is 297 Å².